The lowest BCUT2D eigenvalue weighted by molar-refractivity contribution is -0.139. The summed E-state index contributed by atoms with van der Waals surface area (Å²) in [6.07, 6.45) is 0.741. The van der Waals surface area contributed by atoms with E-state index in [-0.39, 0.29) is 24.4 Å². The molecule has 0 fully saturated rings. The van der Waals surface area contributed by atoms with Crippen LogP contribution in [0.3, 0.4) is 0 Å². The van der Waals surface area contributed by atoms with Crippen LogP contribution in [-0.2, 0) is 11.2 Å². The van der Waals surface area contributed by atoms with Gasteiger partial charge in [0.1, 0.15) is 6.54 Å². The number of carbonyl (C=O) groups is 1. The van der Waals surface area contributed by atoms with E-state index in [2.05, 4.69) is 4.98 Å². The molecule has 2 aliphatic heterocycles. The van der Waals surface area contributed by atoms with Crippen molar-refractivity contribution in [2.24, 2.45) is 0 Å². The summed E-state index contributed by atoms with van der Waals surface area (Å²) in [6.45, 7) is -1.01. The Morgan fingerprint density at radius 1 is 1.10 bits per heavy atom. The molecule has 5 nitrogen and oxygen atoms in total. The number of H-pyrrole nitrogens is 1. The number of aromatic amines is 1. The third-order valence-corrected chi connectivity index (χ3v) is 5.05. The van der Waals surface area contributed by atoms with E-state index in [4.69, 9.17) is 0 Å². The summed E-state index contributed by atoms with van der Waals surface area (Å²) >= 11 is 0. The Morgan fingerprint density at radius 2 is 1.86 bits per heavy atom. The Morgan fingerprint density at radius 3 is 2.55 bits per heavy atom. The number of carbonyl (C=O) groups excluding carboxylic acids is 1. The van der Waals surface area contributed by atoms with Crippen molar-refractivity contribution >= 4 is 22.7 Å². The number of halogens is 3. The molecule has 4 rings (SSSR count). The van der Waals surface area contributed by atoms with E-state index < -0.39 is 12.7 Å². The van der Waals surface area contributed by atoms with E-state index in [1.165, 1.54) is 23.4 Å². The first-order valence-corrected chi connectivity index (χ1v) is 9.02. The van der Waals surface area contributed by atoms with Gasteiger partial charge in [0.25, 0.3) is 0 Å². The van der Waals surface area contributed by atoms with Gasteiger partial charge in [-0.25, -0.2) is 0 Å². The molecule has 0 spiro atoms. The molecule has 0 radical (unpaired) electrons. The van der Waals surface area contributed by atoms with Crippen LogP contribution in [0.2, 0.25) is 0 Å². The normalized spacial score (nSPS) is 16.6. The highest BCUT2D eigenvalue weighted by Crippen LogP contribution is 2.34. The van der Waals surface area contributed by atoms with Crippen LogP contribution in [0.15, 0.2) is 53.6 Å². The molecule has 3 heterocycles. The molecular formula is C21H18F3N3O2. The summed E-state index contributed by atoms with van der Waals surface area (Å²) in [4.78, 5) is 28.6. The molecule has 0 unspecified atom stereocenters. The molecule has 0 saturated heterocycles. The second-order valence-corrected chi connectivity index (χ2v) is 7.19. The zero-order valence-corrected chi connectivity index (χ0v) is 15.6. The Balaban J connectivity index is 1.74. The highest BCUT2D eigenvalue weighted by Gasteiger charge is 2.31. The molecule has 1 N–H and O–H groups in total. The van der Waals surface area contributed by atoms with Crippen LogP contribution in [-0.4, -0.2) is 42.1 Å². The van der Waals surface area contributed by atoms with Gasteiger partial charge >= 0.3 is 6.18 Å². The Labute approximate surface area is 164 Å². The van der Waals surface area contributed by atoms with Crippen LogP contribution >= 0.6 is 0 Å². The number of aromatic nitrogens is 1. The summed E-state index contributed by atoms with van der Waals surface area (Å²) in [5.74, 6) is -0.0158. The zero-order valence-electron chi connectivity index (χ0n) is 15.6. The van der Waals surface area contributed by atoms with Crippen LogP contribution in [0.25, 0.3) is 11.1 Å². The molecule has 2 aromatic rings. The van der Waals surface area contributed by atoms with E-state index in [0.29, 0.717) is 16.7 Å². The highest BCUT2D eigenvalue weighted by atomic mass is 19.4. The smallest absolute Gasteiger partial charge is 0.364 e. The van der Waals surface area contributed by atoms with Gasteiger partial charge in [-0.05, 0) is 52.1 Å². The van der Waals surface area contributed by atoms with Crippen molar-refractivity contribution in [3.8, 4) is 0 Å². The minimum Gasteiger partial charge on any atom is -0.364 e. The van der Waals surface area contributed by atoms with Gasteiger partial charge in [-0.2, -0.15) is 13.2 Å². The molecule has 0 bridgehead atoms. The molecule has 2 aliphatic rings. The maximum absolute atomic E-state index is 13.0. The van der Waals surface area contributed by atoms with E-state index in [1.54, 1.807) is 24.1 Å². The number of hydrogen-bond donors (Lipinski definition) is 1. The Hall–Kier alpha value is -3.29. The second-order valence-electron chi connectivity index (χ2n) is 7.19. The van der Waals surface area contributed by atoms with Crippen molar-refractivity contribution in [2.75, 3.05) is 25.0 Å². The SMILES string of the molecule is CN1C(=O)Cc2cc(C3=CN(CC(F)(F)F)CC(c4ccc(=O)[nH]c4)=C3)ccc21. The lowest BCUT2D eigenvalue weighted by Gasteiger charge is -2.28. The summed E-state index contributed by atoms with van der Waals surface area (Å²) < 4.78 is 39.1. The van der Waals surface area contributed by atoms with Crippen molar-refractivity contribution in [1.29, 1.82) is 0 Å². The average molecular weight is 401 g/mol. The van der Waals surface area contributed by atoms with Crippen LogP contribution in [0, 0.1) is 0 Å². The lowest BCUT2D eigenvalue weighted by Crippen LogP contribution is -2.33. The zero-order chi connectivity index (χ0) is 20.8. The van der Waals surface area contributed by atoms with Crippen LogP contribution in [0.5, 0.6) is 0 Å². The van der Waals surface area contributed by atoms with Crippen molar-refractivity contribution in [3.05, 3.63) is 75.8 Å². The summed E-state index contributed by atoms with van der Waals surface area (Å²) in [5, 5.41) is 0. The molecule has 150 valence electrons. The number of rotatable bonds is 3. The number of likely N-dealkylation sites (N-methyl/N-ethyl adjacent to an activating group) is 1. The highest BCUT2D eigenvalue weighted by molar-refractivity contribution is 6.01. The molecule has 0 saturated carbocycles. The van der Waals surface area contributed by atoms with Gasteiger partial charge in [0.15, 0.2) is 0 Å². The first kappa shape index (κ1) is 19.0. The van der Waals surface area contributed by atoms with Gasteiger partial charge < -0.3 is 14.8 Å². The Kier molecular flexibility index (Phi) is 4.56. The number of nitrogens with one attached hydrogen (secondary N) is 1. The molecule has 8 heteroatoms. The standard InChI is InChI=1S/C21H18F3N3O2/c1-26-18-4-2-13(6-15(18)8-20(26)29)16-7-17(14-3-5-19(28)25-9-14)11-27(10-16)12-21(22,23)24/h2-7,9-10H,8,11-12H2,1H3,(H,25,28). The Bertz CT molecular complexity index is 1080. The average Bonchev–Trinajstić information content (AvgIpc) is 2.94. The van der Waals surface area contributed by atoms with Gasteiger partial charge in [0, 0.05) is 37.7 Å². The number of benzene rings is 1. The van der Waals surface area contributed by atoms with Crippen molar-refractivity contribution in [1.82, 2.24) is 9.88 Å². The first-order valence-electron chi connectivity index (χ1n) is 9.02. The predicted molar refractivity (Wildman–Crippen MR) is 104 cm³/mol. The van der Waals surface area contributed by atoms with E-state index in [9.17, 15) is 22.8 Å². The fraction of sp³-hybridized carbons (Fsp3) is 0.238. The van der Waals surface area contributed by atoms with E-state index in [1.807, 2.05) is 18.2 Å². The number of amides is 1. The van der Waals surface area contributed by atoms with Crippen LogP contribution < -0.4 is 10.5 Å². The van der Waals surface area contributed by atoms with E-state index >= 15 is 0 Å². The largest absolute Gasteiger partial charge is 0.405 e. The van der Waals surface area contributed by atoms with Crippen LogP contribution in [0.1, 0.15) is 16.7 Å². The van der Waals surface area contributed by atoms with Crippen LogP contribution in [0.4, 0.5) is 18.9 Å². The third kappa shape index (κ3) is 3.96. The van der Waals surface area contributed by atoms with Gasteiger partial charge in [-0.3, -0.25) is 9.59 Å². The number of alkyl halides is 3. The molecule has 1 aromatic heterocycles. The number of nitrogens with zero attached hydrogens (tertiary/aromatic N) is 2. The first-order chi connectivity index (χ1) is 13.7. The second kappa shape index (κ2) is 6.95. The number of pyridine rings is 1. The molecule has 1 amide bonds. The summed E-state index contributed by atoms with van der Waals surface area (Å²) in [7, 11) is 1.70. The predicted octanol–water partition coefficient (Wildman–Crippen LogP) is 3.20. The molecule has 0 aliphatic carbocycles. The summed E-state index contributed by atoms with van der Waals surface area (Å²) in [5.41, 5.74) is 4.05. The van der Waals surface area contributed by atoms with Crippen molar-refractivity contribution in [2.45, 2.75) is 12.6 Å². The minimum absolute atomic E-state index is 0.0158. The third-order valence-electron chi connectivity index (χ3n) is 5.05. The van der Waals surface area contributed by atoms with Gasteiger partial charge in [0.05, 0.1) is 6.42 Å². The van der Waals surface area contributed by atoms with Gasteiger partial charge in [0.2, 0.25) is 11.5 Å². The molecular weight excluding hydrogens is 383 g/mol. The number of hydrogen-bond acceptors (Lipinski definition) is 3. The maximum atomic E-state index is 13.0. The number of allylic oxidation sites excluding steroid dienone is 2. The molecule has 1 aromatic carbocycles. The summed E-state index contributed by atoms with van der Waals surface area (Å²) in [6, 6.07) is 8.40. The minimum atomic E-state index is -4.35. The lowest BCUT2D eigenvalue weighted by atomic mass is 9.95. The fourth-order valence-electron chi connectivity index (χ4n) is 3.66. The number of fused-ring (bicyclic) bond motifs is 1. The van der Waals surface area contributed by atoms with Crippen molar-refractivity contribution in [3.63, 3.8) is 0 Å². The van der Waals surface area contributed by atoms with Crippen molar-refractivity contribution < 1.29 is 18.0 Å². The van der Waals surface area contributed by atoms with Gasteiger partial charge in [-0.1, -0.05) is 6.07 Å². The molecule has 29 heavy (non-hydrogen) atoms. The van der Waals surface area contributed by atoms with Gasteiger partial charge in [-0.15, -0.1) is 0 Å². The maximum Gasteiger partial charge on any atom is 0.405 e. The molecule has 0 atom stereocenters. The monoisotopic (exact) mass is 401 g/mol. The quantitative estimate of drug-likeness (QED) is 0.860. The number of anilines is 1. The van der Waals surface area contributed by atoms with E-state index in [0.717, 1.165) is 16.8 Å². The fourth-order valence-corrected chi connectivity index (χ4v) is 3.66. The topological polar surface area (TPSA) is 56.4 Å².